The third-order valence-electron chi connectivity index (χ3n) is 3.17. The smallest absolute Gasteiger partial charge is 0.339 e. The molecule has 0 saturated carbocycles. The van der Waals surface area contributed by atoms with Crippen molar-refractivity contribution in [2.24, 2.45) is 0 Å². The number of halogens is 1. The van der Waals surface area contributed by atoms with Crippen molar-refractivity contribution in [3.05, 3.63) is 64.7 Å². The fourth-order valence-electron chi connectivity index (χ4n) is 2.06. The van der Waals surface area contributed by atoms with E-state index in [0.29, 0.717) is 29.2 Å². The molecule has 120 valence electrons. The third-order valence-corrected chi connectivity index (χ3v) is 3.40. The van der Waals surface area contributed by atoms with Crippen LogP contribution in [0.4, 0.5) is 10.5 Å². The van der Waals surface area contributed by atoms with Crippen molar-refractivity contribution < 1.29 is 14.3 Å². The summed E-state index contributed by atoms with van der Waals surface area (Å²) in [7, 11) is 1.30. The van der Waals surface area contributed by atoms with Crippen LogP contribution in [0.1, 0.15) is 15.9 Å². The Bertz CT molecular complexity index is 704. The number of anilines is 1. The molecule has 0 spiro atoms. The Hall–Kier alpha value is -2.53. The summed E-state index contributed by atoms with van der Waals surface area (Å²) in [6.07, 6.45) is 0.659. The van der Waals surface area contributed by atoms with E-state index in [1.165, 1.54) is 7.11 Å². The third kappa shape index (κ3) is 5.00. The maximum atomic E-state index is 11.9. The van der Waals surface area contributed by atoms with E-state index in [1.54, 1.807) is 30.3 Å². The van der Waals surface area contributed by atoms with Gasteiger partial charge in [0, 0.05) is 11.6 Å². The molecule has 0 aliphatic rings. The molecule has 0 aromatic heterocycles. The van der Waals surface area contributed by atoms with E-state index in [1.807, 2.05) is 18.2 Å². The number of carbonyl (C=O) groups excluding carboxylic acids is 2. The molecule has 0 saturated heterocycles. The molecule has 2 aromatic rings. The Balaban J connectivity index is 1.89. The number of urea groups is 1. The molecule has 6 heteroatoms. The lowest BCUT2D eigenvalue weighted by molar-refractivity contribution is 0.0602. The summed E-state index contributed by atoms with van der Waals surface area (Å²) in [5, 5.41) is 6.05. The molecular formula is C17H17ClN2O3. The van der Waals surface area contributed by atoms with E-state index >= 15 is 0 Å². The maximum Gasteiger partial charge on any atom is 0.339 e. The SMILES string of the molecule is COC(=O)c1ccccc1NC(=O)NCCc1cccc(Cl)c1. The van der Waals surface area contributed by atoms with Gasteiger partial charge in [-0.1, -0.05) is 35.9 Å². The van der Waals surface area contributed by atoms with Crippen molar-refractivity contribution in [1.29, 1.82) is 0 Å². The van der Waals surface area contributed by atoms with E-state index < -0.39 is 5.97 Å². The summed E-state index contributed by atoms with van der Waals surface area (Å²) in [6, 6.07) is 13.7. The van der Waals surface area contributed by atoms with Crippen molar-refractivity contribution in [3.63, 3.8) is 0 Å². The quantitative estimate of drug-likeness (QED) is 0.824. The van der Waals surface area contributed by atoms with Crippen LogP contribution >= 0.6 is 11.6 Å². The van der Waals surface area contributed by atoms with Crippen LogP contribution in [0.15, 0.2) is 48.5 Å². The summed E-state index contributed by atoms with van der Waals surface area (Å²) in [6.45, 7) is 0.451. The molecule has 2 amide bonds. The zero-order chi connectivity index (χ0) is 16.7. The van der Waals surface area contributed by atoms with E-state index in [9.17, 15) is 9.59 Å². The summed E-state index contributed by atoms with van der Waals surface area (Å²) < 4.78 is 4.69. The zero-order valence-corrected chi connectivity index (χ0v) is 13.4. The Labute approximate surface area is 139 Å². The summed E-state index contributed by atoms with van der Waals surface area (Å²) in [4.78, 5) is 23.6. The number of esters is 1. The monoisotopic (exact) mass is 332 g/mol. The molecular weight excluding hydrogens is 316 g/mol. The molecule has 2 aromatic carbocycles. The minimum Gasteiger partial charge on any atom is -0.465 e. The fraction of sp³-hybridized carbons (Fsp3) is 0.176. The van der Waals surface area contributed by atoms with Crippen LogP contribution in [-0.4, -0.2) is 25.7 Å². The molecule has 23 heavy (non-hydrogen) atoms. The van der Waals surface area contributed by atoms with Gasteiger partial charge in [0.15, 0.2) is 0 Å². The predicted octanol–water partition coefficient (Wildman–Crippen LogP) is 3.49. The van der Waals surface area contributed by atoms with Crippen molar-refractivity contribution in [3.8, 4) is 0 Å². The number of amides is 2. The van der Waals surface area contributed by atoms with Gasteiger partial charge in [0.05, 0.1) is 18.4 Å². The lowest BCUT2D eigenvalue weighted by Crippen LogP contribution is -2.31. The van der Waals surface area contributed by atoms with Gasteiger partial charge in [-0.15, -0.1) is 0 Å². The number of benzene rings is 2. The minimum atomic E-state index is -0.500. The fourth-order valence-corrected chi connectivity index (χ4v) is 2.27. The largest absolute Gasteiger partial charge is 0.465 e. The number of nitrogens with one attached hydrogen (secondary N) is 2. The van der Waals surface area contributed by atoms with Crippen molar-refractivity contribution in [2.75, 3.05) is 19.0 Å². The Kier molecular flexibility index (Phi) is 6.00. The predicted molar refractivity (Wildman–Crippen MR) is 90.0 cm³/mol. The van der Waals surface area contributed by atoms with Gasteiger partial charge in [0.2, 0.25) is 0 Å². The second-order valence-corrected chi connectivity index (χ2v) is 5.23. The van der Waals surface area contributed by atoms with E-state index in [4.69, 9.17) is 11.6 Å². The normalized spacial score (nSPS) is 10.0. The first-order chi connectivity index (χ1) is 11.1. The van der Waals surface area contributed by atoms with E-state index in [2.05, 4.69) is 15.4 Å². The first-order valence-electron chi connectivity index (χ1n) is 7.07. The lowest BCUT2D eigenvalue weighted by Gasteiger charge is -2.10. The molecule has 2 N–H and O–H groups in total. The first kappa shape index (κ1) is 16.8. The number of para-hydroxylation sites is 1. The summed E-state index contributed by atoms with van der Waals surface area (Å²) in [5.41, 5.74) is 1.74. The molecule has 0 heterocycles. The average molecular weight is 333 g/mol. The highest BCUT2D eigenvalue weighted by Gasteiger charge is 2.12. The van der Waals surface area contributed by atoms with Crippen LogP contribution in [0.25, 0.3) is 0 Å². The second kappa shape index (κ2) is 8.19. The van der Waals surface area contributed by atoms with Gasteiger partial charge in [-0.3, -0.25) is 0 Å². The highest BCUT2D eigenvalue weighted by Crippen LogP contribution is 2.15. The van der Waals surface area contributed by atoms with E-state index in [-0.39, 0.29) is 6.03 Å². The number of hydrogen-bond donors (Lipinski definition) is 2. The molecule has 0 bridgehead atoms. The second-order valence-electron chi connectivity index (χ2n) is 4.80. The van der Waals surface area contributed by atoms with E-state index in [0.717, 1.165) is 5.56 Å². The molecule has 0 fully saturated rings. The molecule has 2 rings (SSSR count). The van der Waals surface area contributed by atoms with Gasteiger partial charge in [-0.25, -0.2) is 9.59 Å². The molecule has 0 aliphatic carbocycles. The van der Waals surface area contributed by atoms with Crippen molar-refractivity contribution in [1.82, 2.24) is 5.32 Å². The van der Waals surface area contributed by atoms with Gasteiger partial charge in [0.1, 0.15) is 0 Å². The zero-order valence-electron chi connectivity index (χ0n) is 12.6. The van der Waals surface area contributed by atoms with Crippen LogP contribution in [-0.2, 0) is 11.2 Å². The Morgan fingerprint density at radius 1 is 1.13 bits per heavy atom. The highest BCUT2D eigenvalue weighted by molar-refractivity contribution is 6.30. The molecule has 0 radical (unpaired) electrons. The van der Waals surface area contributed by atoms with Gasteiger partial charge < -0.3 is 15.4 Å². The van der Waals surface area contributed by atoms with Gasteiger partial charge in [-0.05, 0) is 36.2 Å². The van der Waals surface area contributed by atoms with Crippen LogP contribution in [0.2, 0.25) is 5.02 Å². The van der Waals surface area contributed by atoms with Crippen LogP contribution in [0, 0.1) is 0 Å². The van der Waals surface area contributed by atoms with Gasteiger partial charge in [0.25, 0.3) is 0 Å². The van der Waals surface area contributed by atoms with Crippen LogP contribution in [0.3, 0.4) is 0 Å². The van der Waals surface area contributed by atoms with Crippen LogP contribution in [0.5, 0.6) is 0 Å². The molecule has 0 aliphatic heterocycles. The average Bonchev–Trinajstić information content (AvgIpc) is 2.55. The van der Waals surface area contributed by atoms with Crippen molar-refractivity contribution >= 4 is 29.3 Å². The summed E-state index contributed by atoms with van der Waals surface area (Å²) in [5.74, 6) is -0.500. The van der Waals surface area contributed by atoms with Gasteiger partial charge in [-0.2, -0.15) is 0 Å². The topological polar surface area (TPSA) is 67.4 Å². The Morgan fingerprint density at radius 3 is 2.65 bits per heavy atom. The summed E-state index contributed by atoms with van der Waals surface area (Å²) >= 11 is 5.91. The maximum absolute atomic E-state index is 11.9. The van der Waals surface area contributed by atoms with Gasteiger partial charge >= 0.3 is 12.0 Å². The molecule has 0 atom stereocenters. The minimum absolute atomic E-state index is 0.306. The number of hydrogen-bond acceptors (Lipinski definition) is 3. The first-order valence-corrected chi connectivity index (χ1v) is 7.44. The van der Waals surface area contributed by atoms with Crippen molar-refractivity contribution in [2.45, 2.75) is 6.42 Å². The van der Waals surface area contributed by atoms with Crippen LogP contribution < -0.4 is 10.6 Å². The molecule has 5 nitrogen and oxygen atoms in total. The number of carbonyl (C=O) groups is 2. The number of methoxy groups -OCH3 is 1. The number of ether oxygens (including phenoxy) is 1. The number of rotatable bonds is 5. The standard InChI is InChI=1S/C17H17ClN2O3/c1-23-16(21)14-7-2-3-8-15(14)20-17(22)19-10-9-12-5-4-6-13(18)11-12/h2-8,11H,9-10H2,1H3,(H2,19,20,22). The lowest BCUT2D eigenvalue weighted by atomic mass is 10.1. The Morgan fingerprint density at radius 2 is 1.91 bits per heavy atom. The molecule has 0 unspecified atom stereocenters. The highest BCUT2D eigenvalue weighted by atomic mass is 35.5.